The van der Waals surface area contributed by atoms with Crippen molar-refractivity contribution < 1.29 is 9.53 Å². The number of rotatable bonds is 5. The molecule has 1 saturated carbocycles. The molecule has 0 bridgehead atoms. The van der Waals surface area contributed by atoms with Crippen LogP contribution >= 0.6 is 0 Å². The second-order valence-electron chi connectivity index (χ2n) is 4.63. The van der Waals surface area contributed by atoms with Gasteiger partial charge >= 0.3 is 5.97 Å². The summed E-state index contributed by atoms with van der Waals surface area (Å²) in [6.07, 6.45) is 2.38. The van der Waals surface area contributed by atoms with E-state index in [1.54, 1.807) is 12.1 Å². The van der Waals surface area contributed by atoms with Gasteiger partial charge in [0.2, 0.25) is 0 Å². The lowest BCUT2D eigenvalue weighted by Crippen LogP contribution is -2.24. The van der Waals surface area contributed by atoms with Crippen LogP contribution in [0.4, 0.5) is 5.69 Å². The zero-order valence-corrected chi connectivity index (χ0v) is 10.0. The number of benzene rings is 1. The lowest BCUT2D eigenvalue weighted by atomic mass is 10.1. The van der Waals surface area contributed by atoms with Crippen LogP contribution in [0, 0.1) is 5.41 Å². The molecule has 1 fully saturated rings. The molecule has 0 atom stereocenters. The molecule has 0 radical (unpaired) electrons. The fraction of sp³-hybridized carbons (Fsp3) is 0.462. The lowest BCUT2D eigenvalue weighted by molar-refractivity contribution is 0.0601. The van der Waals surface area contributed by atoms with Gasteiger partial charge in [0.05, 0.1) is 12.7 Å². The number of carbonyl (C=O) groups excluding carboxylic acids is 1. The Bertz CT molecular complexity index is 414. The Morgan fingerprint density at radius 2 is 2.29 bits per heavy atom. The Labute approximate surface area is 101 Å². The smallest absolute Gasteiger partial charge is 0.337 e. The molecule has 3 N–H and O–H groups in total. The number of anilines is 1. The molecule has 0 aromatic heterocycles. The highest BCUT2D eigenvalue weighted by Gasteiger charge is 2.40. The van der Waals surface area contributed by atoms with E-state index in [-0.39, 0.29) is 11.4 Å². The van der Waals surface area contributed by atoms with Crippen LogP contribution < -0.4 is 11.1 Å². The van der Waals surface area contributed by atoms with Crippen molar-refractivity contribution in [2.75, 3.05) is 25.5 Å². The molecule has 4 nitrogen and oxygen atoms in total. The summed E-state index contributed by atoms with van der Waals surface area (Å²) in [4.78, 5) is 11.4. The van der Waals surface area contributed by atoms with E-state index in [1.165, 1.54) is 20.0 Å². The summed E-state index contributed by atoms with van der Waals surface area (Å²) in [6.45, 7) is 1.59. The SMILES string of the molecule is COC(=O)c1cccc(NCC2(CN)CC2)c1. The number of ether oxygens (including phenoxy) is 1. The Morgan fingerprint density at radius 1 is 1.53 bits per heavy atom. The van der Waals surface area contributed by atoms with E-state index in [2.05, 4.69) is 10.1 Å². The summed E-state index contributed by atoms with van der Waals surface area (Å²) < 4.78 is 4.68. The van der Waals surface area contributed by atoms with Gasteiger partial charge in [0.25, 0.3) is 0 Å². The molecule has 1 aromatic rings. The van der Waals surface area contributed by atoms with E-state index < -0.39 is 0 Å². The van der Waals surface area contributed by atoms with Crippen molar-refractivity contribution in [3.05, 3.63) is 29.8 Å². The summed E-state index contributed by atoms with van der Waals surface area (Å²) in [5, 5.41) is 3.33. The molecule has 0 aliphatic heterocycles. The zero-order chi connectivity index (χ0) is 12.3. The predicted molar refractivity (Wildman–Crippen MR) is 67.0 cm³/mol. The molecule has 0 unspecified atom stereocenters. The third kappa shape index (κ3) is 2.77. The minimum atomic E-state index is -0.311. The van der Waals surface area contributed by atoms with Crippen LogP contribution in [0.3, 0.4) is 0 Å². The standard InChI is InChI=1S/C13H18N2O2/c1-17-12(16)10-3-2-4-11(7-10)15-9-13(8-14)5-6-13/h2-4,7,15H,5-6,8-9,14H2,1H3. The van der Waals surface area contributed by atoms with E-state index in [4.69, 9.17) is 5.73 Å². The van der Waals surface area contributed by atoms with Crippen LogP contribution in [0.1, 0.15) is 23.2 Å². The van der Waals surface area contributed by atoms with Gasteiger partial charge in [0, 0.05) is 12.2 Å². The normalized spacial score (nSPS) is 16.4. The molecule has 0 heterocycles. The van der Waals surface area contributed by atoms with E-state index in [0.29, 0.717) is 5.56 Å². The Balaban J connectivity index is 1.99. The monoisotopic (exact) mass is 234 g/mol. The van der Waals surface area contributed by atoms with Gasteiger partial charge in [-0.3, -0.25) is 0 Å². The number of hydrogen-bond acceptors (Lipinski definition) is 4. The number of hydrogen-bond donors (Lipinski definition) is 2. The maximum atomic E-state index is 11.4. The number of nitrogens with two attached hydrogens (primary N) is 1. The molecule has 0 saturated heterocycles. The van der Waals surface area contributed by atoms with E-state index in [1.807, 2.05) is 12.1 Å². The molecular weight excluding hydrogens is 216 g/mol. The molecule has 1 aliphatic carbocycles. The van der Waals surface area contributed by atoms with Crippen LogP contribution in [0.5, 0.6) is 0 Å². The first kappa shape index (κ1) is 11.9. The molecule has 4 heteroatoms. The van der Waals surface area contributed by atoms with Crippen LogP contribution in [0.25, 0.3) is 0 Å². The summed E-state index contributed by atoms with van der Waals surface area (Å²) in [6, 6.07) is 7.33. The van der Waals surface area contributed by atoms with Crippen molar-refractivity contribution in [1.82, 2.24) is 0 Å². The highest BCUT2D eigenvalue weighted by atomic mass is 16.5. The summed E-state index contributed by atoms with van der Waals surface area (Å²) in [5.74, 6) is -0.311. The maximum absolute atomic E-state index is 11.4. The third-order valence-corrected chi connectivity index (χ3v) is 3.34. The van der Waals surface area contributed by atoms with Gasteiger partial charge in [-0.15, -0.1) is 0 Å². The summed E-state index contributed by atoms with van der Waals surface area (Å²) in [5.41, 5.74) is 7.50. The first-order chi connectivity index (χ1) is 8.19. The van der Waals surface area contributed by atoms with Crippen molar-refractivity contribution in [3.8, 4) is 0 Å². The Kier molecular flexibility index (Phi) is 3.33. The van der Waals surface area contributed by atoms with Gasteiger partial charge in [0.15, 0.2) is 0 Å². The highest BCUT2D eigenvalue weighted by Crippen LogP contribution is 2.44. The largest absolute Gasteiger partial charge is 0.465 e. The van der Waals surface area contributed by atoms with Crippen LogP contribution in [0.15, 0.2) is 24.3 Å². The fourth-order valence-electron chi connectivity index (χ4n) is 1.79. The van der Waals surface area contributed by atoms with Crippen molar-refractivity contribution >= 4 is 11.7 Å². The Morgan fingerprint density at radius 3 is 2.88 bits per heavy atom. The third-order valence-electron chi connectivity index (χ3n) is 3.34. The number of methoxy groups -OCH3 is 1. The van der Waals surface area contributed by atoms with Crippen molar-refractivity contribution in [2.24, 2.45) is 11.1 Å². The number of nitrogens with one attached hydrogen (secondary N) is 1. The van der Waals surface area contributed by atoms with Gasteiger partial charge < -0.3 is 15.8 Å². The molecule has 17 heavy (non-hydrogen) atoms. The zero-order valence-electron chi connectivity index (χ0n) is 10.0. The maximum Gasteiger partial charge on any atom is 0.337 e. The highest BCUT2D eigenvalue weighted by molar-refractivity contribution is 5.90. The summed E-state index contributed by atoms with van der Waals surface area (Å²) >= 11 is 0. The van der Waals surface area contributed by atoms with Crippen molar-refractivity contribution in [2.45, 2.75) is 12.8 Å². The molecule has 2 rings (SSSR count). The average Bonchev–Trinajstić information content (AvgIpc) is 3.16. The second kappa shape index (κ2) is 4.75. The molecular formula is C13H18N2O2. The number of carbonyl (C=O) groups is 1. The van der Waals surface area contributed by atoms with E-state index in [0.717, 1.165) is 18.8 Å². The number of esters is 1. The minimum absolute atomic E-state index is 0.279. The molecule has 1 aromatic carbocycles. The van der Waals surface area contributed by atoms with Gasteiger partial charge in [0.1, 0.15) is 0 Å². The quantitative estimate of drug-likeness (QED) is 0.760. The topological polar surface area (TPSA) is 64.3 Å². The average molecular weight is 234 g/mol. The van der Waals surface area contributed by atoms with Gasteiger partial charge in [-0.25, -0.2) is 4.79 Å². The lowest BCUT2D eigenvalue weighted by Gasteiger charge is -2.14. The van der Waals surface area contributed by atoms with Crippen molar-refractivity contribution in [1.29, 1.82) is 0 Å². The van der Waals surface area contributed by atoms with Crippen molar-refractivity contribution in [3.63, 3.8) is 0 Å². The molecule has 92 valence electrons. The molecule has 0 spiro atoms. The van der Waals surface area contributed by atoms with E-state index >= 15 is 0 Å². The van der Waals surface area contributed by atoms with Gasteiger partial charge in [-0.2, -0.15) is 0 Å². The van der Waals surface area contributed by atoms with Gasteiger partial charge in [-0.1, -0.05) is 6.07 Å². The van der Waals surface area contributed by atoms with Crippen LogP contribution in [-0.2, 0) is 4.74 Å². The minimum Gasteiger partial charge on any atom is -0.465 e. The predicted octanol–water partition coefficient (Wildman–Crippen LogP) is 1.62. The molecule has 1 aliphatic rings. The van der Waals surface area contributed by atoms with Gasteiger partial charge in [-0.05, 0) is 43.0 Å². The van der Waals surface area contributed by atoms with Crippen LogP contribution in [0.2, 0.25) is 0 Å². The Hall–Kier alpha value is -1.55. The summed E-state index contributed by atoms with van der Waals surface area (Å²) in [7, 11) is 1.38. The van der Waals surface area contributed by atoms with E-state index in [9.17, 15) is 4.79 Å². The first-order valence-electron chi connectivity index (χ1n) is 5.81. The molecule has 0 amide bonds. The first-order valence-corrected chi connectivity index (χ1v) is 5.81. The van der Waals surface area contributed by atoms with Crippen LogP contribution in [-0.4, -0.2) is 26.2 Å². The fourth-order valence-corrected chi connectivity index (χ4v) is 1.79. The second-order valence-corrected chi connectivity index (χ2v) is 4.63.